The molecule has 4 fully saturated rings. The number of nitrogens with one attached hydrogen (secondary N) is 1. The van der Waals surface area contributed by atoms with Gasteiger partial charge >= 0.3 is 5.97 Å². The average molecular weight is 299 g/mol. The van der Waals surface area contributed by atoms with Crippen molar-refractivity contribution in [3.05, 3.63) is 35.4 Å². The zero-order valence-corrected chi connectivity index (χ0v) is 13.0. The lowest BCUT2D eigenvalue weighted by Gasteiger charge is -2.54. The van der Waals surface area contributed by atoms with Crippen LogP contribution < -0.4 is 5.32 Å². The van der Waals surface area contributed by atoms with Crippen LogP contribution in [-0.4, -0.2) is 17.6 Å². The Balaban J connectivity index is 1.34. The van der Waals surface area contributed by atoms with Crippen molar-refractivity contribution in [3.8, 4) is 0 Å². The van der Waals surface area contributed by atoms with E-state index in [1.54, 1.807) is 12.1 Å². The number of carboxylic acid groups (broad SMARTS) is 1. The predicted octanol–water partition coefficient (Wildman–Crippen LogP) is 3.55. The minimum absolute atomic E-state index is 0.383. The molecule has 0 spiro atoms. The first-order valence-corrected chi connectivity index (χ1v) is 8.72. The second-order valence-electron chi connectivity index (χ2n) is 7.73. The Bertz CT molecular complexity index is 540. The number of carbonyl (C=O) groups is 1. The lowest BCUT2D eigenvalue weighted by molar-refractivity contribution is -0.0355. The molecule has 3 nitrogen and oxygen atoms in total. The molecule has 4 saturated carbocycles. The van der Waals surface area contributed by atoms with Crippen LogP contribution in [0.1, 0.15) is 48.0 Å². The van der Waals surface area contributed by atoms with Crippen LogP contribution in [0.3, 0.4) is 0 Å². The SMILES string of the molecule is O=C(O)c1cccc(CNCC2C3CC4CC(C3)CC2C4)c1. The molecule has 5 rings (SSSR count). The van der Waals surface area contributed by atoms with Crippen molar-refractivity contribution in [3.63, 3.8) is 0 Å². The van der Waals surface area contributed by atoms with Crippen molar-refractivity contribution in [1.82, 2.24) is 5.32 Å². The van der Waals surface area contributed by atoms with E-state index in [4.69, 9.17) is 5.11 Å². The van der Waals surface area contributed by atoms with Crippen molar-refractivity contribution in [2.24, 2.45) is 29.6 Å². The van der Waals surface area contributed by atoms with E-state index in [9.17, 15) is 4.79 Å². The summed E-state index contributed by atoms with van der Waals surface area (Å²) in [5.74, 6) is 3.98. The molecular weight excluding hydrogens is 274 g/mol. The predicted molar refractivity (Wildman–Crippen MR) is 85.6 cm³/mol. The van der Waals surface area contributed by atoms with Crippen LogP contribution in [-0.2, 0) is 6.54 Å². The van der Waals surface area contributed by atoms with E-state index < -0.39 is 5.97 Å². The van der Waals surface area contributed by atoms with E-state index in [1.165, 1.54) is 32.1 Å². The quantitative estimate of drug-likeness (QED) is 0.874. The monoisotopic (exact) mass is 299 g/mol. The normalized spacial score (nSPS) is 35.7. The third-order valence-corrected chi connectivity index (χ3v) is 6.31. The summed E-state index contributed by atoms with van der Waals surface area (Å²) in [5, 5.41) is 12.7. The fraction of sp³-hybridized carbons (Fsp3) is 0.632. The average Bonchev–Trinajstić information content (AvgIpc) is 2.49. The molecule has 0 aliphatic heterocycles. The molecular formula is C19H25NO2. The van der Waals surface area contributed by atoms with Gasteiger partial charge in [-0.3, -0.25) is 0 Å². The molecule has 0 heterocycles. The summed E-state index contributed by atoms with van der Waals surface area (Å²) >= 11 is 0. The van der Waals surface area contributed by atoms with Gasteiger partial charge in [0.25, 0.3) is 0 Å². The van der Waals surface area contributed by atoms with E-state index in [2.05, 4.69) is 5.32 Å². The topological polar surface area (TPSA) is 49.3 Å². The Kier molecular flexibility index (Phi) is 3.69. The largest absolute Gasteiger partial charge is 0.478 e. The third kappa shape index (κ3) is 2.67. The molecule has 4 aliphatic carbocycles. The summed E-state index contributed by atoms with van der Waals surface area (Å²) in [6.45, 7) is 1.88. The molecule has 4 aliphatic rings. The van der Waals surface area contributed by atoms with Gasteiger partial charge in [-0.1, -0.05) is 12.1 Å². The van der Waals surface area contributed by atoms with Crippen LogP contribution in [0.4, 0.5) is 0 Å². The highest BCUT2D eigenvalue weighted by Gasteiger charge is 2.47. The highest BCUT2D eigenvalue weighted by Crippen LogP contribution is 2.56. The number of carboxylic acids is 1. The summed E-state index contributed by atoms with van der Waals surface area (Å²) in [4.78, 5) is 11.0. The Morgan fingerprint density at radius 2 is 1.77 bits per heavy atom. The minimum atomic E-state index is -0.845. The first kappa shape index (κ1) is 14.3. The zero-order chi connectivity index (χ0) is 15.1. The number of benzene rings is 1. The van der Waals surface area contributed by atoms with Gasteiger partial charge in [0.05, 0.1) is 5.56 Å². The maximum atomic E-state index is 11.0. The summed E-state index contributed by atoms with van der Waals surface area (Å²) in [5.41, 5.74) is 1.46. The van der Waals surface area contributed by atoms with Crippen molar-refractivity contribution in [2.75, 3.05) is 6.54 Å². The molecule has 3 heteroatoms. The molecule has 118 valence electrons. The van der Waals surface area contributed by atoms with Crippen LogP contribution in [0.15, 0.2) is 24.3 Å². The lowest BCUT2D eigenvalue weighted by atomic mass is 9.52. The van der Waals surface area contributed by atoms with E-state index in [0.717, 1.165) is 48.2 Å². The minimum Gasteiger partial charge on any atom is -0.478 e. The Hall–Kier alpha value is -1.35. The van der Waals surface area contributed by atoms with E-state index in [-0.39, 0.29) is 0 Å². The van der Waals surface area contributed by atoms with Crippen molar-refractivity contribution < 1.29 is 9.90 Å². The maximum Gasteiger partial charge on any atom is 0.335 e. The van der Waals surface area contributed by atoms with Gasteiger partial charge in [-0.15, -0.1) is 0 Å². The molecule has 4 bridgehead atoms. The molecule has 0 atom stereocenters. The second-order valence-corrected chi connectivity index (χ2v) is 7.73. The highest BCUT2D eigenvalue weighted by atomic mass is 16.4. The molecule has 0 amide bonds. The summed E-state index contributed by atoms with van der Waals surface area (Å²) in [6.07, 6.45) is 7.37. The van der Waals surface area contributed by atoms with Gasteiger partial charge in [-0.05, 0) is 85.9 Å². The van der Waals surface area contributed by atoms with Crippen molar-refractivity contribution in [1.29, 1.82) is 0 Å². The number of hydrogen-bond acceptors (Lipinski definition) is 2. The smallest absolute Gasteiger partial charge is 0.335 e. The number of hydrogen-bond donors (Lipinski definition) is 2. The molecule has 0 radical (unpaired) electrons. The Labute approximate surface area is 132 Å². The molecule has 22 heavy (non-hydrogen) atoms. The summed E-state index contributed by atoms with van der Waals surface area (Å²) < 4.78 is 0. The fourth-order valence-corrected chi connectivity index (χ4v) is 5.57. The van der Waals surface area contributed by atoms with Gasteiger partial charge < -0.3 is 10.4 Å². The van der Waals surface area contributed by atoms with Gasteiger partial charge in [-0.25, -0.2) is 4.79 Å². The van der Waals surface area contributed by atoms with Gasteiger partial charge in [0.2, 0.25) is 0 Å². The zero-order valence-electron chi connectivity index (χ0n) is 13.0. The molecule has 0 aromatic heterocycles. The first-order chi connectivity index (χ1) is 10.7. The van der Waals surface area contributed by atoms with E-state index in [0.29, 0.717) is 5.56 Å². The van der Waals surface area contributed by atoms with Gasteiger partial charge in [0, 0.05) is 6.54 Å². The fourth-order valence-electron chi connectivity index (χ4n) is 5.57. The summed E-state index contributed by atoms with van der Waals surface area (Å²) in [7, 11) is 0. The van der Waals surface area contributed by atoms with Crippen molar-refractivity contribution >= 4 is 5.97 Å². The second kappa shape index (κ2) is 5.69. The van der Waals surface area contributed by atoms with Crippen LogP contribution in [0.25, 0.3) is 0 Å². The first-order valence-electron chi connectivity index (χ1n) is 8.72. The molecule has 1 aromatic carbocycles. The van der Waals surface area contributed by atoms with Gasteiger partial charge in [0.15, 0.2) is 0 Å². The number of rotatable bonds is 5. The Morgan fingerprint density at radius 3 is 2.41 bits per heavy atom. The highest BCUT2D eigenvalue weighted by molar-refractivity contribution is 5.87. The molecule has 1 aromatic rings. The molecule has 0 unspecified atom stereocenters. The van der Waals surface area contributed by atoms with Gasteiger partial charge in [0.1, 0.15) is 0 Å². The van der Waals surface area contributed by atoms with Crippen molar-refractivity contribution in [2.45, 2.75) is 38.6 Å². The maximum absolute atomic E-state index is 11.0. The van der Waals surface area contributed by atoms with E-state index in [1.807, 2.05) is 12.1 Å². The van der Waals surface area contributed by atoms with Crippen LogP contribution in [0, 0.1) is 29.6 Å². The van der Waals surface area contributed by atoms with Gasteiger partial charge in [-0.2, -0.15) is 0 Å². The van der Waals surface area contributed by atoms with E-state index >= 15 is 0 Å². The number of aromatic carboxylic acids is 1. The molecule has 0 saturated heterocycles. The van der Waals surface area contributed by atoms with Crippen LogP contribution in [0.5, 0.6) is 0 Å². The lowest BCUT2D eigenvalue weighted by Crippen LogP contribution is -2.48. The summed E-state index contributed by atoms with van der Waals surface area (Å²) in [6, 6.07) is 7.29. The molecule has 2 N–H and O–H groups in total. The Morgan fingerprint density at radius 1 is 1.09 bits per heavy atom. The standard InChI is InChI=1S/C19H25NO2/c21-19(22)15-3-1-2-12(5-15)10-20-11-18-16-6-13-4-14(8-16)9-17(18)7-13/h1-3,5,13-14,16-18,20H,4,6-11H2,(H,21,22). The van der Waals surface area contributed by atoms with Crippen LogP contribution in [0.2, 0.25) is 0 Å². The van der Waals surface area contributed by atoms with Crippen LogP contribution >= 0.6 is 0 Å². The third-order valence-electron chi connectivity index (χ3n) is 6.31.